The molecule has 2 N–H and O–H groups in total. The number of piperidine rings is 1. The van der Waals surface area contributed by atoms with Crippen LogP contribution in [0.5, 0.6) is 5.75 Å². The SMILES string of the molecule is COC1(C(=O)NC(C)c2cccc(OC(C)C)c2)CCNCC1.Cl. The smallest absolute Gasteiger partial charge is 0.252 e. The summed E-state index contributed by atoms with van der Waals surface area (Å²) < 4.78 is 11.3. The minimum atomic E-state index is -0.717. The van der Waals surface area contributed by atoms with Crippen molar-refractivity contribution in [1.29, 1.82) is 0 Å². The van der Waals surface area contributed by atoms with Crippen LogP contribution in [0, 0.1) is 0 Å². The van der Waals surface area contributed by atoms with E-state index in [9.17, 15) is 4.79 Å². The average molecular weight is 357 g/mol. The van der Waals surface area contributed by atoms with Crippen molar-refractivity contribution in [2.45, 2.75) is 51.4 Å². The molecule has 1 fully saturated rings. The van der Waals surface area contributed by atoms with E-state index in [4.69, 9.17) is 9.47 Å². The van der Waals surface area contributed by atoms with Crippen LogP contribution in [0.2, 0.25) is 0 Å². The summed E-state index contributed by atoms with van der Waals surface area (Å²) in [4.78, 5) is 12.7. The van der Waals surface area contributed by atoms with Crippen LogP contribution in [-0.2, 0) is 9.53 Å². The maximum absolute atomic E-state index is 12.7. The van der Waals surface area contributed by atoms with Crippen LogP contribution in [0.25, 0.3) is 0 Å². The first kappa shape index (κ1) is 20.7. The Morgan fingerprint density at radius 3 is 2.50 bits per heavy atom. The van der Waals surface area contributed by atoms with Crippen molar-refractivity contribution in [2.75, 3.05) is 20.2 Å². The van der Waals surface area contributed by atoms with Gasteiger partial charge in [-0.05, 0) is 64.4 Å². The highest BCUT2D eigenvalue weighted by Gasteiger charge is 2.40. The summed E-state index contributed by atoms with van der Waals surface area (Å²) in [5, 5.41) is 6.35. The fraction of sp³-hybridized carbons (Fsp3) is 0.611. The molecule has 6 heteroatoms. The predicted octanol–water partition coefficient (Wildman–Crippen LogP) is 2.84. The van der Waals surface area contributed by atoms with Crippen molar-refractivity contribution in [3.8, 4) is 5.75 Å². The minimum absolute atomic E-state index is 0. The third-order valence-corrected chi connectivity index (χ3v) is 4.29. The predicted molar refractivity (Wildman–Crippen MR) is 97.9 cm³/mol. The van der Waals surface area contributed by atoms with Gasteiger partial charge in [0.1, 0.15) is 11.4 Å². The topological polar surface area (TPSA) is 59.6 Å². The van der Waals surface area contributed by atoms with Crippen molar-refractivity contribution < 1.29 is 14.3 Å². The normalized spacial score (nSPS) is 17.7. The highest BCUT2D eigenvalue weighted by atomic mass is 35.5. The molecule has 1 saturated heterocycles. The maximum Gasteiger partial charge on any atom is 0.252 e. The Bertz CT molecular complexity index is 531. The molecule has 1 aromatic carbocycles. The minimum Gasteiger partial charge on any atom is -0.491 e. The van der Waals surface area contributed by atoms with Crippen LogP contribution in [0.4, 0.5) is 0 Å². The molecule has 136 valence electrons. The van der Waals surface area contributed by atoms with E-state index in [1.165, 1.54) is 0 Å². The fourth-order valence-corrected chi connectivity index (χ4v) is 2.90. The summed E-state index contributed by atoms with van der Waals surface area (Å²) in [6, 6.07) is 7.76. The van der Waals surface area contributed by atoms with E-state index in [-0.39, 0.29) is 30.5 Å². The number of ether oxygens (including phenoxy) is 2. The number of halogens is 1. The van der Waals surface area contributed by atoms with E-state index < -0.39 is 5.60 Å². The number of carbonyl (C=O) groups excluding carboxylic acids is 1. The molecule has 2 rings (SSSR count). The van der Waals surface area contributed by atoms with Gasteiger partial charge in [-0.3, -0.25) is 4.79 Å². The zero-order chi connectivity index (χ0) is 16.9. The Morgan fingerprint density at radius 1 is 1.25 bits per heavy atom. The number of nitrogens with one attached hydrogen (secondary N) is 2. The van der Waals surface area contributed by atoms with Gasteiger partial charge in [0, 0.05) is 7.11 Å². The summed E-state index contributed by atoms with van der Waals surface area (Å²) >= 11 is 0. The largest absolute Gasteiger partial charge is 0.491 e. The van der Waals surface area contributed by atoms with E-state index >= 15 is 0 Å². The van der Waals surface area contributed by atoms with E-state index in [1.54, 1.807) is 7.11 Å². The van der Waals surface area contributed by atoms with Gasteiger partial charge in [-0.25, -0.2) is 0 Å². The third kappa shape index (κ3) is 5.10. The lowest BCUT2D eigenvalue weighted by atomic mass is 9.90. The lowest BCUT2D eigenvalue weighted by Crippen LogP contribution is -2.54. The van der Waals surface area contributed by atoms with Gasteiger partial charge in [-0.2, -0.15) is 0 Å². The molecular weight excluding hydrogens is 328 g/mol. The molecule has 24 heavy (non-hydrogen) atoms. The van der Waals surface area contributed by atoms with Crippen LogP contribution in [-0.4, -0.2) is 37.8 Å². The van der Waals surface area contributed by atoms with E-state index in [0.717, 1.165) is 24.4 Å². The van der Waals surface area contributed by atoms with Gasteiger partial charge in [0.15, 0.2) is 0 Å². The Balaban J connectivity index is 0.00000288. The Labute approximate surface area is 150 Å². The second-order valence-electron chi connectivity index (χ2n) is 6.38. The molecular formula is C18H29ClN2O3. The summed E-state index contributed by atoms with van der Waals surface area (Å²) in [5.74, 6) is 0.783. The van der Waals surface area contributed by atoms with E-state index in [0.29, 0.717) is 12.8 Å². The van der Waals surface area contributed by atoms with E-state index in [1.807, 2.05) is 45.0 Å². The summed E-state index contributed by atoms with van der Waals surface area (Å²) in [6.45, 7) is 7.58. The third-order valence-electron chi connectivity index (χ3n) is 4.29. The maximum atomic E-state index is 12.7. The van der Waals surface area contributed by atoms with Crippen LogP contribution in [0.15, 0.2) is 24.3 Å². The lowest BCUT2D eigenvalue weighted by Gasteiger charge is -2.35. The van der Waals surface area contributed by atoms with Crippen LogP contribution < -0.4 is 15.4 Å². The molecule has 1 amide bonds. The number of carbonyl (C=O) groups is 1. The standard InChI is InChI=1S/C18H28N2O3.ClH/c1-13(2)23-16-7-5-6-15(12-16)14(3)20-17(21)18(22-4)8-10-19-11-9-18;/h5-7,12-14,19H,8-11H2,1-4H3,(H,20,21);1H. The zero-order valence-electron chi connectivity index (χ0n) is 14.9. The first-order valence-corrected chi connectivity index (χ1v) is 8.30. The molecule has 0 saturated carbocycles. The zero-order valence-corrected chi connectivity index (χ0v) is 15.7. The Kier molecular flexibility index (Phi) is 8.00. The molecule has 1 aromatic rings. The van der Waals surface area contributed by atoms with Crippen molar-refractivity contribution in [3.05, 3.63) is 29.8 Å². The number of benzene rings is 1. The molecule has 0 radical (unpaired) electrons. The second kappa shape index (κ2) is 9.25. The molecule has 0 aromatic heterocycles. The number of rotatable bonds is 6. The Morgan fingerprint density at radius 2 is 1.92 bits per heavy atom. The van der Waals surface area contributed by atoms with Crippen LogP contribution in [0.3, 0.4) is 0 Å². The van der Waals surface area contributed by atoms with Crippen molar-refractivity contribution >= 4 is 18.3 Å². The monoisotopic (exact) mass is 356 g/mol. The molecule has 1 aliphatic heterocycles. The van der Waals surface area contributed by atoms with Crippen molar-refractivity contribution in [1.82, 2.24) is 10.6 Å². The molecule has 1 aliphatic rings. The van der Waals surface area contributed by atoms with Gasteiger partial charge in [0.25, 0.3) is 5.91 Å². The number of hydrogen-bond acceptors (Lipinski definition) is 4. The number of hydrogen-bond donors (Lipinski definition) is 2. The number of amides is 1. The highest BCUT2D eigenvalue weighted by molar-refractivity contribution is 5.86. The van der Waals surface area contributed by atoms with Crippen molar-refractivity contribution in [3.63, 3.8) is 0 Å². The van der Waals surface area contributed by atoms with Gasteiger partial charge in [0.05, 0.1) is 12.1 Å². The summed E-state index contributed by atoms with van der Waals surface area (Å²) in [6.07, 6.45) is 1.51. The number of methoxy groups -OCH3 is 1. The molecule has 0 spiro atoms. The highest BCUT2D eigenvalue weighted by Crippen LogP contribution is 2.25. The summed E-state index contributed by atoms with van der Waals surface area (Å²) in [7, 11) is 1.62. The van der Waals surface area contributed by atoms with Crippen LogP contribution >= 0.6 is 12.4 Å². The van der Waals surface area contributed by atoms with Crippen molar-refractivity contribution in [2.24, 2.45) is 0 Å². The molecule has 5 nitrogen and oxygen atoms in total. The second-order valence-corrected chi connectivity index (χ2v) is 6.38. The van der Waals surface area contributed by atoms with Gasteiger partial charge in [0.2, 0.25) is 0 Å². The summed E-state index contributed by atoms with van der Waals surface area (Å²) in [5.41, 5.74) is 0.308. The first-order valence-electron chi connectivity index (χ1n) is 8.30. The molecule has 1 unspecified atom stereocenters. The molecule has 0 aliphatic carbocycles. The molecule has 0 bridgehead atoms. The quantitative estimate of drug-likeness (QED) is 0.822. The first-order chi connectivity index (χ1) is 11.0. The van der Waals surface area contributed by atoms with E-state index in [2.05, 4.69) is 10.6 Å². The average Bonchev–Trinajstić information content (AvgIpc) is 2.55. The fourth-order valence-electron chi connectivity index (χ4n) is 2.90. The lowest BCUT2D eigenvalue weighted by molar-refractivity contribution is -0.147. The molecule has 1 atom stereocenters. The van der Waals surface area contributed by atoms with Gasteiger partial charge in [-0.15, -0.1) is 12.4 Å². The van der Waals surface area contributed by atoms with Gasteiger partial charge < -0.3 is 20.1 Å². The van der Waals surface area contributed by atoms with Crippen LogP contribution in [0.1, 0.15) is 45.2 Å². The Hall–Kier alpha value is -1.30. The van der Waals surface area contributed by atoms with Gasteiger partial charge in [-0.1, -0.05) is 12.1 Å². The molecule has 1 heterocycles. The van der Waals surface area contributed by atoms with Gasteiger partial charge >= 0.3 is 0 Å².